The number of rotatable bonds is 3. The van der Waals surface area contributed by atoms with Crippen LogP contribution in [0.25, 0.3) is 21.7 Å². The summed E-state index contributed by atoms with van der Waals surface area (Å²) in [6, 6.07) is 18.8. The largest absolute Gasteiger partial charge is 0.508 e. The van der Waals surface area contributed by atoms with E-state index in [0.29, 0.717) is 5.75 Å². The third kappa shape index (κ3) is 2.83. The van der Waals surface area contributed by atoms with Gasteiger partial charge in [0.05, 0.1) is 5.52 Å². The smallest absolute Gasteiger partial charge is 0.331 e. The predicted octanol–water partition coefficient (Wildman–Crippen LogP) is 4.41. The molecular formula is C21H17NO3. The lowest BCUT2D eigenvalue weighted by molar-refractivity contribution is -0.134. The van der Waals surface area contributed by atoms with E-state index in [0.717, 1.165) is 27.2 Å². The molecule has 0 aliphatic carbocycles. The van der Waals surface area contributed by atoms with Gasteiger partial charge in [-0.3, -0.25) is 0 Å². The highest BCUT2D eigenvalue weighted by Crippen LogP contribution is 2.29. The average Bonchev–Trinajstić information content (AvgIpc) is 2.99. The Morgan fingerprint density at radius 1 is 1.04 bits per heavy atom. The Kier molecular flexibility index (Phi) is 3.65. The van der Waals surface area contributed by atoms with Gasteiger partial charge in [0, 0.05) is 17.6 Å². The minimum Gasteiger partial charge on any atom is -0.508 e. The molecule has 124 valence electrons. The van der Waals surface area contributed by atoms with Crippen molar-refractivity contribution in [1.82, 2.24) is 4.57 Å². The molecule has 0 saturated carbocycles. The van der Waals surface area contributed by atoms with E-state index in [-0.39, 0.29) is 18.3 Å². The van der Waals surface area contributed by atoms with Crippen LogP contribution in [0.2, 0.25) is 0 Å². The van der Waals surface area contributed by atoms with E-state index in [1.54, 1.807) is 16.7 Å². The van der Waals surface area contributed by atoms with Crippen molar-refractivity contribution in [1.29, 1.82) is 0 Å². The Balaban J connectivity index is 1.64. The molecule has 25 heavy (non-hydrogen) atoms. The molecule has 0 amide bonds. The van der Waals surface area contributed by atoms with Gasteiger partial charge in [0.15, 0.2) is 0 Å². The molecule has 1 heterocycles. The molecule has 0 bridgehead atoms. The van der Waals surface area contributed by atoms with Crippen molar-refractivity contribution < 1.29 is 14.6 Å². The van der Waals surface area contributed by atoms with Crippen molar-refractivity contribution >= 4 is 27.6 Å². The average molecular weight is 331 g/mol. The summed E-state index contributed by atoms with van der Waals surface area (Å²) in [5, 5.41) is 12.6. The molecule has 1 aromatic heterocycles. The van der Waals surface area contributed by atoms with Gasteiger partial charge in [-0.05, 0) is 41.5 Å². The summed E-state index contributed by atoms with van der Waals surface area (Å²) in [6.07, 6.45) is 1.82. The van der Waals surface area contributed by atoms with Gasteiger partial charge in [-0.25, -0.2) is 4.79 Å². The Morgan fingerprint density at radius 3 is 2.72 bits per heavy atom. The standard InChI is InChI=1S/C21H17NO3/c1-14-6-7-15-4-2-3-5-18(15)21(14)25-20(24)13-22-11-10-16-8-9-17(23)12-19(16)22/h2-12,23H,13H2,1H3. The van der Waals surface area contributed by atoms with Gasteiger partial charge in [-0.2, -0.15) is 0 Å². The highest BCUT2D eigenvalue weighted by molar-refractivity contribution is 5.92. The lowest BCUT2D eigenvalue weighted by Crippen LogP contribution is -2.16. The third-order valence-electron chi connectivity index (χ3n) is 4.35. The lowest BCUT2D eigenvalue weighted by Gasteiger charge is -2.12. The lowest BCUT2D eigenvalue weighted by atomic mass is 10.1. The summed E-state index contributed by atoms with van der Waals surface area (Å²) in [7, 11) is 0. The normalized spacial score (nSPS) is 11.1. The zero-order chi connectivity index (χ0) is 17.4. The van der Waals surface area contributed by atoms with Gasteiger partial charge in [0.25, 0.3) is 0 Å². The number of hydrogen-bond acceptors (Lipinski definition) is 3. The molecule has 3 aromatic carbocycles. The molecular weight excluding hydrogens is 314 g/mol. The molecule has 4 heteroatoms. The molecule has 0 aliphatic heterocycles. The maximum atomic E-state index is 12.5. The van der Waals surface area contributed by atoms with Gasteiger partial charge < -0.3 is 14.4 Å². The highest BCUT2D eigenvalue weighted by atomic mass is 16.5. The maximum absolute atomic E-state index is 12.5. The molecule has 0 spiro atoms. The predicted molar refractivity (Wildman–Crippen MR) is 97.9 cm³/mol. The van der Waals surface area contributed by atoms with Crippen LogP contribution in [0.3, 0.4) is 0 Å². The van der Waals surface area contributed by atoms with Crippen LogP contribution < -0.4 is 4.74 Å². The molecule has 0 atom stereocenters. The van der Waals surface area contributed by atoms with Crippen LogP contribution in [-0.2, 0) is 11.3 Å². The first-order chi connectivity index (χ1) is 12.1. The number of phenolic OH excluding ortho intramolecular Hbond substituents is 1. The minimum absolute atomic E-state index is 0.0790. The number of benzene rings is 3. The van der Waals surface area contributed by atoms with Crippen LogP contribution >= 0.6 is 0 Å². The van der Waals surface area contributed by atoms with Crippen LogP contribution in [0.1, 0.15) is 5.56 Å². The number of esters is 1. The van der Waals surface area contributed by atoms with E-state index >= 15 is 0 Å². The fraction of sp³-hybridized carbons (Fsp3) is 0.0952. The molecule has 4 aromatic rings. The van der Waals surface area contributed by atoms with E-state index in [1.807, 2.05) is 61.7 Å². The van der Waals surface area contributed by atoms with E-state index in [4.69, 9.17) is 4.74 Å². The van der Waals surface area contributed by atoms with Crippen molar-refractivity contribution in [3.05, 3.63) is 72.4 Å². The summed E-state index contributed by atoms with van der Waals surface area (Å²) >= 11 is 0. The second-order valence-corrected chi connectivity index (χ2v) is 6.09. The number of carbonyl (C=O) groups is 1. The fourth-order valence-corrected chi connectivity index (χ4v) is 3.08. The summed E-state index contributed by atoms with van der Waals surface area (Å²) in [4.78, 5) is 12.5. The summed E-state index contributed by atoms with van der Waals surface area (Å²) in [5.74, 6) is 0.424. The first-order valence-electron chi connectivity index (χ1n) is 8.09. The van der Waals surface area contributed by atoms with E-state index in [9.17, 15) is 9.90 Å². The zero-order valence-electron chi connectivity index (χ0n) is 13.8. The molecule has 0 radical (unpaired) electrons. The van der Waals surface area contributed by atoms with Gasteiger partial charge in [-0.15, -0.1) is 0 Å². The molecule has 0 unspecified atom stereocenters. The van der Waals surface area contributed by atoms with Gasteiger partial charge in [-0.1, -0.05) is 36.4 Å². The summed E-state index contributed by atoms with van der Waals surface area (Å²) < 4.78 is 7.46. The Hall–Kier alpha value is -3.27. The number of nitrogens with zero attached hydrogens (tertiary/aromatic N) is 1. The van der Waals surface area contributed by atoms with Crippen LogP contribution in [0.15, 0.2) is 66.9 Å². The maximum Gasteiger partial charge on any atom is 0.331 e. The van der Waals surface area contributed by atoms with E-state index in [2.05, 4.69) is 0 Å². The van der Waals surface area contributed by atoms with Crippen molar-refractivity contribution in [2.75, 3.05) is 0 Å². The molecule has 0 aliphatic rings. The first kappa shape index (κ1) is 15.3. The van der Waals surface area contributed by atoms with Crippen LogP contribution in [0, 0.1) is 6.92 Å². The highest BCUT2D eigenvalue weighted by Gasteiger charge is 2.13. The van der Waals surface area contributed by atoms with Crippen LogP contribution in [0.5, 0.6) is 11.5 Å². The minimum atomic E-state index is -0.347. The first-order valence-corrected chi connectivity index (χ1v) is 8.09. The summed E-state index contributed by atoms with van der Waals surface area (Å²) in [6.45, 7) is 2.01. The Morgan fingerprint density at radius 2 is 1.84 bits per heavy atom. The zero-order valence-corrected chi connectivity index (χ0v) is 13.8. The van der Waals surface area contributed by atoms with Crippen molar-refractivity contribution in [2.24, 2.45) is 0 Å². The quantitative estimate of drug-likeness (QED) is 0.447. The number of aromatic hydroxyl groups is 1. The van der Waals surface area contributed by atoms with Gasteiger partial charge >= 0.3 is 5.97 Å². The second-order valence-electron chi connectivity index (χ2n) is 6.09. The monoisotopic (exact) mass is 331 g/mol. The number of phenols is 1. The molecule has 4 rings (SSSR count). The van der Waals surface area contributed by atoms with Crippen LogP contribution in [-0.4, -0.2) is 15.6 Å². The molecule has 4 nitrogen and oxygen atoms in total. The Bertz CT molecular complexity index is 1090. The second kappa shape index (κ2) is 5.98. The van der Waals surface area contributed by atoms with Crippen molar-refractivity contribution in [2.45, 2.75) is 13.5 Å². The number of aromatic nitrogens is 1. The number of fused-ring (bicyclic) bond motifs is 2. The van der Waals surface area contributed by atoms with Gasteiger partial charge in [0.2, 0.25) is 0 Å². The number of aryl methyl sites for hydroxylation is 1. The SMILES string of the molecule is Cc1ccc2ccccc2c1OC(=O)Cn1ccc2ccc(O)cc21. The number of ether oxygens (including phenoxy) is 1. The van der Waals surface area contributed by atoms with Crippen molar-refractivity contribution in [3.63, 3.8) is 0 Å². The number of carbonyl (C=O) groups excluding carboxylic acids is 1. The van der Waals surface area contributed by atoms with E-state index < -0.39 is 0 Å². The number of hydrogen-bond donors (Lipinski definition) is 1. The fourth-order valence-electron chi connectivity index (χ4n) is 3.08. The van der Waals surface area contributed by atoms with Gasteiger partial charge in [0.1, 0.15) is 18.0 Å². The van der Waals surface area contributed by atoms with Crippen LogP contribution in [0.4, 0.5) is 0 Å². The Labute approximate surface area is 144 Å². The third-order valence-corrected chi connectivity index (χ3v) is 4.35. The molecule has 0 saturated heterocycles. The molecule has 0 fully saturated rings. The molecule has 1 N–H and O–H groups in total. The summed E-state index contributed by atoms with van der Waals surface area (Å²) in [5.41, 5.74) is 1.72. The van der Waals surface area contributed by atoms with Crippen molar-refractivity contribution in [3.8, 4) is 11.5 Å². The topological polar surface area (TPSA) is 51.5 Å². The van der Waals surface area contributed by atoms with E-state index in [1.165, 1.54) is 0 Å².